The molecule has 274 valence electrons. The smallest absolute Gasteiger partial charge is 0.228 e. The summed E-state index contributed by atoms with van der Waals surface area (Å²) in [5.41, 5.74) is 11.3. The maximum atomic E-state index is 6.50. The highest BCUT2D eigenvalue weighted by Gasteiger charge is 2.30. The first-order chi connectivity index (χ1) is 28.7. The molecule has 0 aliphatic carbocycles. The molecule has 0 radical (unpaired) electrons. The van der Waals surface area contributed by atoms with Gasteiger partial charge in [0.2, 0.25) is 11.8 Å². The van der Waals surface area contributed by atoms with E-state index in [9.17, 15) is 0 Å². The summed E-state index contributed by atoms with van der Waals surface area (Å²) < 4.78 is 25.7. The topological polar surface area (TPSA) is 103 Å². The van der Waals surface area contributed by atoms with Crippen LogP contribution in [0.25, 0.3) is 56.2 Å². The number of anilines is 6. The van der Waals surface area contributed by atoms with E-state index in [2.05, 4.69) is 80.4 Å². The maximum absolute atomic E-state index is 6.50. The Kier molecular flexibility index (Phi) is 6.99. The third kappa shape index (κ3) is 5.05. The summed E-state index contributed by atoms with van der Waals surface area (Å²) >= 11 is 0. The second kappa shape index (κ2) is 12.7. The molecule has 10 nitrogen and oxygen atoms in total. The Labute approximate surface area is 330 Å². The number of nitrogens with zero attached hydrogens (tertiary/aromatic N) is 6. The lowest BCUT2D eigenvalue weighted by molar-refractivity contribution is 0.476. The molecule has 0 amide bonds. The molecule has 4 aromatic heterocycles. The van der Waals surface area contributed by atoms with Crippen LogP contribution >= 0.6 is 0 Å². The first-order valence-corrected chi connectivity index (χ1v) is 18.8. The van der Waals surface area contributed by atoms with Crippen LogP contribution in [-0.2, 0) is 0 Å². The highest BCUT2D eigenvalue weighted by molar-refractivity contribution is 5.97. The highest BCUT2D eigenvalue weighted by atomic mass is 16.5. The van der Waals surface area contributed by atoms with E-state index in [0.29, 0.717) is 34.0 Å². The fourth-order valence-electron chi connectivity index (χ4n) is 7.92. The van der Waals surface area contributed by atoms with E-state index in [1.165, 1.54) is 0 Å². The molecule has 0 spiro atoms. The third-order valence-corrected chi connectivity index (χ3v) is 10.5. The van der Waals surface area contributed by atoms with Gasteiger partial charge in [-0.1, -0.05) is 60.7 Å². The lowest BCUT2D eigenvalue weighted by Crippen LogP contribution is -2.16. The number of ether oxygens (including phenoxy) is 2. The van der Waals surface area contributed by atoms with Crippen molar-refractivity contribution in [1.82, 2.24) is 19.9 Å². The predicted octanol–water partition coefficient (Wildman–Crippen LogP) is 12.9. The molecule has 0 unspecified atom stereocenters. The average Bonchev–Trinajstić information content (AvgIpc) is 3.92. The van der Waals surface area contributed by atoms with Crippen LogP contribution in [-0.4, -0.2) is 19.9 Å². The Hall–Kier alpha value is -8.24. The SMILES string of the molecule is c1ccc2c(c1)Oc1ccccc1N2c1ccc(-c2ccc(N3c4ccccc4Oc4ccccc43)cc2-c2nc3ccncc3o2)c(-c2nc3ccncc3o2)c1. The van der Waals surface area contributed by atoms with Crippen molar-refractivity contribution in [3.8, 4) is 57.0 Å². The largest absolute Gasteiger partial charge is 0.453 e. The van der Waals surface area contributed by atoms with Gasteiger partial charge in [-0.05, 0) is 96.1 Å². The highest BCUT2D eigenvalue weighted by Crippen LogP contribution is 2.54. The summed E-state index contributed by atoms with van der Waals surface area (Å²) in [5.74, 6) is 3.93. The van der Waals surface area contributed by atoms with Crippen molar-refractivity contribution in [1.29, 1.82) is 0 Å². The van der Waals surface area contributed by atoms with E-state index in [4.69, 9.17) is 28.3 Å². The molecule has 10 heteroatoms. The standard InChI is InChI=1S/C48H28N6O4/c1-5-13-41-37(9-1)53(38-10-2-6-14-42(38)55-41)29-17-19-31(33(25-29)47-51-35-21-23-49-27-45(35)57-47)32-20-18-30(26-34(32)48-52-36-22-24-50-28-46(36)58-48)54-39-11-3-7-15-43(39)56-44-16-8-4-12-40(44)54/h1-28H. The van der Waals surface area contributed by atoms with Crippen LogP contribution in [0.1, 0.15) is 0 Å². The van der Waals surface area contributed by atoms with Gasteiger partial charge in [-0.2, -0.15) is 0 Å². The predicted molar refractivity (Wildman–Crippen MR) is 223 cm³/mol. The normalized spacial score (nSPS) is 12.7. The van der Waals surface area contributed by atoms with Gasteiger partial charge < -0.3 is 28.1 Å². The van der Waals surface area contributed by atoms with Gasteiger partial charge in [-0.25, -0.2) is 9.97 Å². The minimum atomic E-state index is 0.447. The van der Waals surface area contributed by atoms with E-state index < -0.39 is 0 Å². The van der Waals surface area contributed by atoms with Crippen LogP contribution in [0.2, 0.25) is 0 Å². The van der Waals surface area contributed by atoms with Crippen LogP contribution in [0.3, 0.4) is 0 Å². The van der Waals surface area contributed by atoms with Crippen LogP contribution in [0.5, 0.6) is 23.0 Å². The lowest BCUT2D eigenvalue weighted by atomic mass is 9.93. The Morgan fingerprint density at radius 1 is 0.379 bits per heavy atom. The summed E-state index contributed by atoms with van der Waals surface area (Å²) in [5, 5.41) is 0. The number of pyridine rings is 2. The van der Waals surface area contributed by atoms with E-state index in [0.717, 1.165) is 79.4 Å². The van der Waals surface area contributed by atoms with Crippen molar-refractivity contribution < 1.29 is 18.3 Å². The summed E-state index contributed by atoms with van der Waals surface area (Å²) in [6.07, 6.45) is 6.81. The van der Waals surface area contributed by atoms with E-state index in [1.807, 2.05) is 84.9 Å². The second-order valence-corrected chi connectivity index (χ2v) is 13.9. The molecule has 2 aliphatic heterocycles. The van der Waals surface area contributed by atoms with Gasteiger partial charge in [0.1, 0.15) is 11.0 Å². The van der Waals surface area contributed by atoms with Gasteiger partial charge in [-0.3, -0.25) is 9.97 Å². The number of fused-ring (bicyclic) bond motifs is 6. The monoisotopic (exact) mass is 752 g/mol. The Balaban J connectivity index is 1.11. The van der Waals surface area contributed by atoms with Crippen LogP contribution in [0, 0.1) is 0 Å². The van der Waals surface area contributed by atoms with Gasteiger partial charge in [-0.15, -0.1) is 0 Å². The zero-order valence-electron chi connectivity index (χ0n) is 30.5. The number of rotatable bonds is 5. The summed E-state index contributed by atoms with van der Waals surface area (Å²) in [4.78, 5) is 23.0. The Bertz CT molecular complexity index is 2870. The summed E-state index contributed by atoms with van der Waals surface area (Å²) in [6, 6.07) is 48.5. The van der Waals surface area contributed by atoms with Gasteiger partial charge in [0.05, 0.1) is 35.1 Å². The van der Waals surface area contributed by atoms with E-state index in [-0.39, 0.29) is 0 Å². The lowest BCUT2D eigenvalue weighted by Gasteiger charge is -2.33. The Morgan fingerprint density at radius 3 is 1.14 bits per heavy atom. The molecule has 0 saturated heterocycles. The zero-order chi connectivity index (χ0) is 38.2. The van der Waals surface area contributed by atoms with Gasteiger partial charge in [0, 0.05) is 34.9 Å². The number of hydrogen-bond donors (Lipinski definition) is 0. The molecule has 10 aromatic rings. The molecule has 0 saturated carbocycles. The van der Waals surface area contributed by atoms with E-state index in [1.54, 1.807) is 24.8 Å². The molecule has 0 fully saturated rings. The van der Waals surface area contributed by atoms with Crippen molar-refractivity contribution >= 4 is 56.3 Å². The average molecular weight is 753 g/mol. The maximum Gasteiger partial charge on any atom is 0.228 e. The number of aromatic nitrogens is 4. The second-order valence-electron chi connectivity index (χ2n) is 13.9. The van der Waals surface area contributed by atoms with Gasteiger partial charge in [0.15, 0.2) is 34.2 Å². The fraction of sp³-hybridized carbons (Fsp3) is 0. The molecule has 0 bridgehead atoms. The van der Waals surface area contributed by atoms with E-state index >= 15 is 0 Å². The van der Waals surface area contributed by atoms with Crippen LogP contribution in [0.15, 0.2) is 179 Å². The molecular formula is C48H28N6O4. The zero-order valence-corrected chi connectivity index (χ0v) is 30.5. The molecular weight excluding hydrogens is 725 g/mol. The van der Waals surface area contributed by atoms with Gasteiger partial charge in [0.25, 0.3) is 0 Å². The molecule has 6 heterocycles. The molecule has 2 aliphatic rings. The van der Waals surface area contributed by atoms with Crippen molar-refractivity contribution in [2.45, 2.75) is 0 Å². The summed E-state index contributed by atoms with van der Waals surface area (Å²) in [6.45, 7) is 0. The summed E-state index contributed by atoms with van der Waals surface area (Å²) in [7, 11) is 0. The number of para-hydroxylation sites is 8. The van der Waals surface area contributed by atoms with Crippen molar-refractivity contribution in [2.24, 2.45) is 0 Å². The number of hydrogen-bond acceptors (Lipinski definition) is 10. The first-order valence-electron chi connectivity index (χ1n) is 18.8. The number of oxazole rings is 2. The molecule has 6 aromatic carbocycles. The quantitative estimate of drug-likeness (QED) is 0.169. The Morgan fingerprint density at radius 2 is 0.759 bits per heavy atom. The number of benzene rings is 6. The van der Waals surface area contributed by atoms with Crippen LogP contribution < -0.4 is 19.3 Å². The van der Waals surface area contributed by atoms with Crippen LogP contribution in [0.4, 0.5) is 34.1 Å². The molecule has 0 atom stereocenters. The fourth-order valence-corrected chi connectivity index (χ4v) is 7.92. The molecule has 0 N–H and O–H groups in total. The molecule has 58 heavy (non-hydrogen) atoms. The van der Waals surface area contributed by atoms with Crippen molar-refractivity contribution in [3.05, 3.63) is 170 Å². The molecule has 12 rings (SSSR count). The minimum Gasteiger partial charge on any atom is -0.453 e. The first kappa shape index (κ1) is 32.0. The minimum absolute atomic E-state index is 0.447. The van der Waals surface area contributed by atoms with Crippen molar-refractivity contribution in [2.75, 3.05) is 9.80 Å². The van der Waals surface area contributed by atoms with Crippen molar-refractivity contribution in [3.63, 3.8) is 0 Å². The van der Waals surface area contributed by atoms with Gasteiger partial charge >= 0.3 is 0 Å². The third-order valence-electron chi connectivity index (χ3n) is 10.5.